The Labute approximate surface area is 392 Å². The number of rotatable bonds is 52. The van der Waals surface area contributed by atoms with Gasteiger partial charge in [-0.1, -0.05) is 256 Å². The number of esters is 1. The third kappa shape index (κ3) is 49.6. The highest BCUT2D eigenvalue weighted by atomic mass is 16.5. The summed E-state index contributed by atoms with van der Waals surface area (Å²) in [5.41, 5.74) is 0. The van der Waals surface area contributed by atoms with E-state index >= 15 is 0 Å². The summed E-state index contributed by atoms with van der Waals surface area (Å²) in [6.07, 6.45) is 63.4. The molecule has 0 aliphatic rings. The maximum Gasteiger partial charge on any atom is 0.305 e. The highest BCUT2D eigenvalue weighted by Gasteiger charge is 2.18. The number of carbonyl (C=O) groups excluding carboxylic acids is 2. The minimum Gasteiger partial charge on any atom is -0.466 e. The van der Waals surface area contributed by atoms with Crippen molar-refractivity contribution in [2.45, 2.75) is 315 Å². The molecule has 0 aliphatic carbocycles. The molecule has 0 bridgehead atoms. The number of hydrogen-bond donors (Lipinski definition) is 3. The van der Waals surface area contributed by atoms with Gasteiger partial charge in [-0.3, -0.25) is 9.59 Å². The summed E-state index contributed by atoms with van der Waals surface area (Å²) >= 11 is 0. The van der Waals surface area contributed by atoms with Crippen LogP contribution in [0.4, 0.5) is 0 Å². The maximum atomic E-state index is 12.4. The molecule has 0 fully saturated rings. The van der Waals surface area contributed by atoms with Crippen molar-refractivity contribution in [1.29, 1.82) is 0 Å². The Hall–Kier alpha value is -1.66. The van der Waals surface area contributed by atoms with Crippen LogP contribution in [0.3, 0.4) is 0 Å². The smallest absolute Gasteiger partial charge is 0.305 e. The normalized spacial score (nSPS) is 12.8. The lowest BCUT2D eigenvalue weighted by atomic mass is 10.0. The van der Waals surface area contributed by atoms with Crippen molar-refractivity contribution in [1.82, 2.24) is 5.32 Å². The standard InChI is InChI=1S/C57H109NO5/c1-3-5-7-9-11-13-15-16-26-30-33-37-41-45-49-55(60)54(53-59)58-56(61)50-46-42-38-34-31-27-24-22-20-18-17-19-21-23-25-28-32-36-40-44-48-52-63-57(62)51-47-43-39-35-29-14-12-10-8-6-4-2/h18,20,45,49,54-55,59-60H,3-17,19,21-44,46-48,50-53H2,1-2H3,(H,58,61)/b20-18-,49-45+. The van der Waals surface area contributed by atoms with Crippen molar-refractivity contribution in [3.05, 3.63) is 24.3 Å². The third-order valence-corrected chi connectivity index (χ3v) is 13.0. The highest BCUT2D eigenvalue weighted by Crippen LogP contribution is 2.16. The average molecular weight is 889 g/mol. The lowest BCUT2D eigenvalue weighted by Crippen LogP contribution is -2.45. The van der Waals surface area contributed by atoms with E-state index in [2.05, 4.69) is 31.3 Å². The van der Waals surface area contributed by atoms with Gasteiger partial charge in [-0.25, -0.2) is 0 Å². The third-order valence-electron chi connectivity index (χ3n) is 13.0. The fraction of sp³-hybridized carbons (Fsp3) is 0.895. The summed E-state index contributed by atoms with van der Waals surface area (Å²) in [5.74, 6) is -0.0680. The molecular formula is C57H109NO5. The molecule has 0 aromatic heterocycles. The number of hydrogen-bond acceptors (Lipinski definition) is 5. The lowest BCUT2D eigenvalue weighted by molar-refractivity contribution is -0.143. The predicted molar refractivity (Wildman–Crippen MR) is 273 cm³/mol. The van der Waals surface area contributed by atoms with Gasteiger partial charge in [0.2, 0.25) is 5.91 Å². The fourth-order valence-electron chi connectivity index (χ4n) is 8.63. The first kappa shape index (κ1) is 61.3. The van der Waals surface area contributed by atoms with E-state index < -0.39 is 12.1 Å². The number of ether oxygens (including phenoxy) is 1. The number of unbranched alkanes of at least 4 members (excludes halogenated alkanes) is 39. The lowest BCUT2D eigenvalue weighted by Gasteiger charge is -2.20. The van der Waals surface area contributed by atoms with Crippen LogP contribution in [0.25, 0.3) is 0 Å². The van der Waals surface area contributed by atoms with Gasteiger partial charge < -0.3 is 20.3 Å². The molecule has 0 rings (SSSR count). The van der Waals surface area contributed by atoms with Crippen LogP contribution < -0.4 is 5.32 Å². The van der Waals surface area contributed by atoms with Crippen LogP contribution in [0, 0.1) is 0 Å². The summed E-state index contributed by atoms with van der Waals surface area (Å²) < 4.78 is 5.46. The second-order valence-electron chi connectivity index (χ2n) is 19.3. The summed E-state index contributed by atoms with van der Waals surface area (Å²) in [7, 11) is 0. The molecule has 2 atom stereocenters. The molecule has 0 saturated heterocycles. The van der Waals surface area contributed by atoms with E-state index in [0.29, 0.717) is 19.4 Å². The Kier molecular flexibility index (Phi) is 51.6. The minimum atomic E-state index is -0.848. The first-order valence-electron chi connectivity index (χ1n) is 28.1. The quantitative estimate of drug-likeness (QED) is 0.0321. The Morgan fingerprint density at radius 3 is 1.13 bits per heavy atom. The van der Waals surface area contributed by atoms with E-state index in [-0.39, 0.29) is 18.5 Å². The zero-order chi connectivity index (χ0) is 45.8. The molecule has 0 aliphatic heterocycles. The Morgan fingerprint density at radius 2 is 0.746 bits per heavy atom. The second-order valence-corrected chi connectivity index (χ2v) is 19.3. The Morgan fingerprint density at radius 1 is 0.429 bits per heavy atom. The molecule has 0 spiro atoms. The number of aliphatic hydroxyl groups excluding tert-OH is 2. The van der Waals surface area contributed by atoms with Gasteiger partial charge in [-0.05, 0) is 57.8 Å². The van der Waals surface area contributed by atoms with Crippen molar-refractivity contribution in [2.75, 3.05) is 13.2 Å². The number of allylic oxidation sites excluding steroid dienone is 3. The van der Waals surface area contributed by atoms with Crippen molar-refractivity contribution in [3.63, 3.8) is 0 Å². The minimum absolute atomic E-state index is 0.00715. The van der Waals surface area contributed by atoms with Gasteiger partial charge in [0.05, 0.1) is 25.4 Å². The molecule has 6 heteroatoms. The largest absolute Gasteiger partial charge is 0.466 e. The molecule has 0 aromatic rings. The maximum absolute atomic E-state index is 12.4. The van der Waals surface area contributed by atoms with Gasteiger partial charge in [0.25, 0.3) is 0 Å². The Bertz CT molecular complexity index is 982. The van der Waals surface area contributed by atoms with Gasteiger partial charge in [-0.2, -0.15) is 0 Å². The zero-order valence-corrected chi connectivity index (χ0v) is 42.3. The number of amides is 1. The van der Waals surface area contributed by atoms with E-state index in [0.717, 1.165) is 44.9 Å². The predicted octanol–water partition coefficient (Wildman–Crippen LogP) is 17.1. The molecule has 0 saturated carbocycles. The molecule has 1 amide bonds. The van der Waals surface area contributed by atoms with Crippen molar-refractivity contribution < 1.29 is 24.5 Å². The van der Waals surface area contributed by atoms with E-state index in [4.69, 9.17) is 4.74 Å². The van der Waals surface area contributed by atoms with Crippen LogP contribution in [-0.2, 0) is 14.3 Å². The molecule has 0 heterocycles. The van der Waals surface area contributed by atoms with Gasteiger partial charge in [-0.15, -0.1) is 0 Å². The Balaban J connectivity index is 3.45. The molecule has 3 N–H and O–H groups in total. The van der Waals surface area contributed by atoms with Crippen LogP contribution in [0.2, 0.25) is 0 Å². The van der Waals surface area contributed by atoms with Crippen LogP contribution in [-0.4, -0.2) is 47.4 Å². The summed E-state index contributed by atoms with van der Waals surface area (Å²) in [6.45, 7) is 4.90. The summed E-state index contributed by atoms with van der Waals surface area (Å²) in [4.78, 5) is 24.4. The number of nitrogens with one attached hydrogen (secondary N) is 1. The number of carbonyl (C=O) groups is 2. The first-order chi connectivity index (χ1) is 31.0. The highest BCUT2D eigenvalue weighted by molar-refractivity contribution is 5.76. The topological polar surface area (TPSA) is 95.9 Å². The second kappa shape index (κ2) is 53.0. The van der Waals surface area contributed by atoms with Gasteiger partial charge in [0, 0.05) is 12.8 Å². The van der Waals surface area contributed by atoms with Crippen molar-refractivity contribution in [2.24, 2.45) is 0 Å². The van der Waals surface area contributed by atoms with Gasteiger partial charge in [0.1, 0.15) is 0 Å². The summed E-state index contributed by atoms with van der Waals surface area (Å²) in [6, 6.07) is -0.632. The molecule has 372 valence electrons. The first-order valence-corrected chi connectivity index (χ1v) is 28.1. The van der Waals surface area contributed by atoms with Crippen molar-refractivity contribution >= 4 is 11.9 Å². The molecule has 2 unspecified atom stereocenters. The van der Waals surface area contributed by atoms with Crippen LogP contribution in [0.15, 0.2) is 24.3 Å². The molecule has 0 radical (unpaired) electrons. The molecule has 0 aromatic carbocycles. The molecule has 63 heavy (non-hydrogen) atoms. The van der Waals surface area contributed by atoms with E-state index in [1.807, 2.05) is 6.08 Å². The SMILES string of the molecule is CCCCCCCCCCCCCC/C=C/C(O)C(CO)NC(=O)CCCCCCCCC/C=C\CCCCCCCCCCCCOC(=O)CCCCCCCCCCCCC. The molecular weight excluding hydrogens is 779 g/mol. The molecule has 6 nitrogen and oxygen atoms in total. The van der Waals surface area contributed by atoms with E-state index in [9.17, 15) is 19.8 Å². The van der Waals surface area contributed by atoms with E-state index in [1.165, 1.54) is 231 Å². The van der Waals surface area contributed by atoms with Gasteiger partial charge >= 0.3 is 5.97 Å². The monoisotopic (exact) mass is 888 g/mol. The van der Waals surface area contributed by atoms with Crippen molar-refractivity contribution in [3.8, 4) is 0 Å². The van der Waals surface area contributed by atoms with Crippen LogP contribution >= 0.6 is 0 Å². The average Bonchev–Trinajstić information content (AvgIpc) is 3.28. The van der Waals surface area contributed by atoms with Crippen LogP contribution in [0.1, 0.15) is 303 Å². The fourth-order valence-corrected chi connectivity index (χ4v) is 8.63. The zero-order valence-electron chi connectivity index (χ0n) is 42.3. The summed E-state index contributed by atoms with van der Waals surface area (Å²) in [5, 5.41) is 23.1. The van der Waals surface area contributed by atoms with E-state index in [1.54, 1.807) is 6.08 Å². The van der Waals surface area contributed by atoms with Gasteiger partial charge in [0.15, 0.2) is 0 Å². The number of aliphatic hydroxyl groups is 2. The van der Waals surface area contributed by atoms with Crippen LogP contribution in [0.5, 0.6) is 0 Å².